The number of nitrogens with one attached hydrogen (secondary N) is 4. The molecule has 1 aromatic carbocycles. The average molecular weight is 367 g/mol. The van der Waals surface area contributed by atoms with E-state index in [1.54, 1.807) is 4.57 Å². The van der Waals surface area contributed by atoms with Gasteiger partial charge >= 0.3 is 5.69 Å². The third kappa shape index (κ3) is 4.95. The molecule has 0 atom stereocenters. The van der Waals surface area contributed by atoms with Gasteiger partial charge in [-0.1, -0.05) is 17.7 Å². The van der Waals surface area contributed by atoms with E-state index in [9.17, 15) is 4.79 Å². The van der Waals surface area contributed by atoms with E-state index in [1.165, 1.54) is 5.57 Å². The summed E-state index contributed by atoms with van der Waals surface area (Å²) in [6.07, 6.45) is 4.76. The summed E-state index contributed by atoms with van der Waals surface area (Å²) in [5.41, 5.74) is 8.99. The van der Waals surface area contributed by atoms with Crippen LogP contribution in [-0.2, 0) is 6.54 Å². The summed E-state index contributed by atoms with van der Waals surface area (Å²) in [5, 5.41) is 16.4. The number of aromatic nitrogens is 2. The first-order valence-electron chi connectivity index (χ1n) is 8.95. The summed E-state index contributed by atoms with van der Waals surface area (Å²) in [7, 11) is 0. The predicted molar refractivity (Wildman–Crippen MR) is 108 cm³/mol. The van der Waals surface area contributed by atoms with Crippen molar-refractivity contribution in [1.82, 2.24) is 20.2 Å². The second-order valence-corrected chi connectivity index (χ2v) is 6.58. The molecule has 1 aromatic heterocycles. The average Bonchev–Trinajstić information content (AvgIpc) is 2.65. The number of guanidine groups is 1. The van der Waals surface area contributed by atoms with E-state index in [0.29, 0.717) is 12.4 Å². The van der Waals surface area contributed by atoms with Crippen molar-refractivity contribution in [3.63, 3.8) is 0 Å². The molecule has 0 bridgehead atoms. The van der Waals surface area contributed by atoms with Crippen LogP contribution in [0.4, 0.5) is 5.82 Å². The number of hydrogen-bond donors (Lipinski definition) is 5. The largest absolute Gasteiger partial charge is 0.370 e. The normalized spacial score (nSPS) is 12.7. The minimum absolute atomic E-state index is 0.000990. The van der Waals surface area contributed by atoms with Gasteiger partial charge in [0.05, 0.1) is 5.69 Å². The van der Waals surface area contributed by atoms with Crippen molar-refractivity contribution < 1.29 is 0 Å². The Morgan fingerprint density at radius 2 is 2.11 bits per heavy atom. The summed E-state index contributed by atoms with van der Waals surface area (Å²) in [4.78, 5) is 16.5. The van der Waals surface area contributed by atoms with E-state index in [4.69, 9.17) is 11.1 Å². The molecule has 0 unspecified atom stereocenters. The molecule has 1 aliphatic heterocycles. The van der Waals surface area contributed by atoms with Gasteiger partial charge in [0.25, 0.3) is 0 Å². The van der Waals surface area contributed by atoms with Crippen LogP contribution in [0.25, 0.3) is 11.8 Å². The number of fused-ring (bicyclic) bond motifs is 1. The summed E-state index contributed by atoms with van der Waals surface area (Å²) >= 11 is 0. The van der Waals surface area contributed by atoms with Gasteiger partial charge in [0.15, 0.2) is 5.96 Å². The van der Waals surface area contributed by atoms with Crippen molar-refractivity contribution >= 4 is 17.9 Å². The molecule has 142 valence electrons. The predicted octanol–water partition coefficient (Wildman–Crippen LogP) is 1.02. The zero-order valence-corrected chi connectivity index (χ0v) is 15.4. The molecule has 0 radical (unpaired) electrons. The van der Waals surface area contributed by atoms with Crippen LogP contribution in [0.5, 0.6) is 0 Å². The van der Waals surface area contributed by atoms with Crippen molar-refractivity contribution in [2.45, 2.75) is 19.9 Å². The van der Waals surface area contributed by atoms with Gasteiger partial charge in [0.1, 0.15) is 5.82 Å². The van der Waals surface area contributed by atoms with Gasteiger partial charge in [0, 0.05) is 31.4 Å². The molecule has 3 rings (SSSR count). The maximum atomic E-state index is 12.3. The number of benzene rings is 1. The van der Waals surface area contributed by atoms with Crippen molar-refractivity contribution in [3.8, 4) is 5.69 Å². The third-order valence-corrected chi connectivity index (χ3v) is 4.28. The van der Waals surface area contributed by atoms with Crippen molar-refractivity contribution in [2.75, 3.05) is 25.0 Å². The number of nitrogens with zero attached hydrogens (tertiary/aromatic N) is 2. The molecule has 2 aromatic rings. The molecule has 0 saturated heterocycles. The Labute approximate surface area is 158 Å². The molecule has 8 nitrogen and oxygen atoms in total. The summed E-state index contributed by atoms with van der Waals surface area (Å²) in [6.45, 7) is 5.01. The Bertz CT molecular complexity index is 899. The molecular weight excluding hydrogens is 342 g/mol. The fraction of sp³-hybridized carbons (Fsp3) is 0.316. The first-order chi connectivity index (χ1) is 13.0. The van der Waals surface area contributed by atoms with Crippen LogP contribution in [0.1, 0.15) is 24.5 Å². The monoisotopic (exact) mass is 367 g/mol. The lowest BCUT2D eigenvalue weighted by atomic mass is 10.1. The fourth-order valence-corrected chi connectivity index (χ4v) is 2.88. The second kappa shape index (κ2) is 8.50. The summed E-state index contributed by atoms with van der Waals surface area (Å²) in [6, 6.07) is 7.86. The van der Waals surface area contributed by atoms with Gasteiger partial charge in [-0.15, -0.1) is 0 Å². The topological polar surface area (TPSA) is 121 Å². The highest BCUT2D eigenvalue weighted by Gasteiger charge is 2.12. The number of rotatable bonds is 7. The van der Waals surface area contributed by atoms with Gasteiger partial charge in [0.2, 0.25) is 0 Å². The van der Waals surface area contributed by atoms with Crippen molar-refractivity contribution in [3.05, 3.63) is 57.6 Å². The Morgan fingerprint density at radius 3 is 2.85 bits per heavy atom. The first kappa shape index (κ1) is 18.7. The Morgan fingerprint density at radius 1 is 1.33 bits per heavy atom. The molecule has 0 aliphatic carbocycles. The Balaban J connectivity index is 1.62. The molecule has 0 saturated carbocycles. The van der Waals surface area contributed by atoms with Crippen molar-refractivity contribution in [1.29, 1.82) is 5.41 Å². The fourth-order valence-electron chi connectivity index (χ4n) is 2.88. The lowest BCUT2D eigenvalue weighted by molar-refractivity contribution is 0.639. The van der Waals surface area contributed by atoms with Crippen LogP contribution in [-0.4, -0.2) is 35.1 Å². The van der Waals surface area contributed by atoms with Gasteiger partial charge in [-0.2, -0.15) is 4.98 Å². The Hall–Kier alpha value is -3.13. The summed E-state index contributed by atoms with van der Waals surface area (Å²) < 4.78 is 1.57. The highest BCUT2D eigenvalue weighted by atomic mass is 16.1. The van der Waals surface area contributed by atoms with E-state index in [1.807, 2.05) is 43.5 Å². The van der Waals surface area contributed by atoms with Gasteiger partial charge in [-0.3, -0.25) is 9.98 Å². The highest BCUT2D eigenvalue weighted by Crippen LogP contribution is 2.20. The maximum absolute atomic E-state index is 12.3. The van der Waals surface area contributed by atoms with E-state index < -0.39 is 0 Å². The molecule has 2 heterocycles. The molecule has 0 amide bonds. The van der Waals surface area contributed by atoms with E-state index >= 15 is 0 Å². The number of nitrogens with two attached hydrogens (primary N) is 1. The quantitative estimate of drug-likeness (QED) is 0.283. The number of anilines is 1. The zero-order valence-electron chi connectivity index (χ0n) is 15.4. The van der Waals surface area contributed by atoms with Crippen LogP contribution in [0.2, 0.25) is 0 Å². The SMILES string of the molecule is CC1=Cc2cn(-c3ccc(CNCCCNC(=N)N)cc3)c(=O)nc2NC1. The van der Waals surface area contributed by atoms with Crippen LogP contribution in [0.15, 0.2) is 40.8 Å². The smallest absolute Gasteiger partial charge is 0.354 e. The summed E-state index contributed by atoms with van der Waals surface area (Å²) in [5.74, 6) is 0.640. The van der Waals surface area contributed by atoms with E-state index in [0.717, 1.165) is 42.9 Å². The molecule has 0 spiro atoms. The minimum atomic E-state index is -0.293. The Kier molecular flexibility index (Phi) is 5.87. The van der Waals surface area contributed by atoms with E-state index in [2.05, 4.69) is 20.9 Å². The standard InChI is InChI=1S/C19H25N7O/c1-13-9-15-12-26(19(27)25-17(15)24-10-13)16-5-3-14(4-6-16)11-22-7-2-8-23-18(20)21/h3-6,9,12,22H,2,7-8,10-11H2,1H3,(H4,20,21,23)(H,24,25,27). The first-order valence-corrected chi connectivity index (χ1v) is 8.95. The van der Waals surface area contributed by atoms with Crippen molar-refractivity contribution in [2.24, 2.45) is 5.73 Å². The highest BCUT2D eigenvalue weighted by molar-refractivity contribution is 5.74. The third-order valence-electron chi connectivity index (χ3n) is 4.28. The molecule has 6 N–H and O–H groups in total. The lowest BCUT2D eigenvalue weighted by Crippen LogP contribution is -2.32. The van der Waals surface area contributed by atoms with Crippen LogP contribution < -0.4 is 27.4 Å². The molecule has 8 heteroatoms. The lowest BCUT2D eigenvalue weighted by Gasteiger charge is -2.16. The molecule has 0 fully saturated rings. The molecule has 1 aliphatic rings. The van der Waals surface area contributed by atoms with Gasteiger partial charge in [-0.25, -0.2) is 4.79 Å². The minimum Gasteiger partial charge on any atom is -0.370 e. The molecule has 27 heavy (non-hydrogen) atoms. The van der Waals surface area contributed by atoms with Crippen LogP contribution >= 0.6 is 0 Å². The van der Waals surface area contributed by atoms with Crippen LogP contribution in [0.3, 0.4) is 0 Å². The maximum Gasteiger partial charge on any atom is 0.354 e. The second-order valence-electron chi connectivity index (χ2n) is 6.58. The van der Waals surface area contributed by atoms with Gasteiger partial charge < -0.3 is 21.7 Å². The van der Waals surface area contributed by atoms with Crippen LogP contribution in [0, 0.1) is 5.41 Å². The van der Waals surface area contributed by atoms with Gasteiger partial charge in [-0.05, 0) is 43.7 Å². The molecular formula is C19H25N7O. The zero-order chi connectivity index (χ0) is 19.2. The number of hydrogen-bond acceptors (Lipinski definition) is 5. The van der Waals surface area contributed by atoms with E-state index in [-0.39, 0.29) is 11.6 Å².